The second-order valence-electron chi connectivity index (χ2n) is 18.4. The Bertz CT molecular complexity index is 3370. The normalized spacial score (nSPS) is 16.3. The number of amides is 3. The Morgan fingerprint density at radius 2 is 1.17 bits per heavy atom. The van der Waals surface area contributed by atoms with Crippen LogP contribution in [0.4, 0.5) is 22.4 Å². The largest absolute Gasteiger partial charge is 1.00 e. The third kappa shape index (κ3) is 10.3. The molecule has 78 heavy (non-hydrogen) atoms. The van der Waals surface area contributed by atoms with Gasteiger partial charge in [0.05, 0.1) is 24.8 Å². The molecule has 28 heteroatoms. The van der Waals surface area contributed by atoms with Gasteiger partial charge in [-0.2, -0.15) is 0 Å². The van der Waals surface area contributed by atoms with E-state index in [2.05, 4.69) is 25.7 Å². The van der Waals surface area contributed by atoms with Crippen LogP contribution in [0.3, 0.4) is 0 Å². The molecule has 2 saturated heterocycles. The number of fused-ring (bicyclic) bond motifs is 2. The number of pyridine rings is 2. The van der Waals surface area contributed by atoms with E-state index in [-0.39, 0.29) is 99.1 Å². The number of rotatable bonds is 10. The number of benzene rings is 2. The van der Waals surface area contributed by atoms with Gasteiger partial charge in [0.25, 0.3) is 11.8 Å². The van der Waals surface area contributed by atoms with Gasteiger partial charge in [0.2, 0.25) is 10.9 Å². The average molecular weight is 1120 g/mol. The van der Waals surface area contributed by atoms with Crippen LogP contribution in [0.1, 0.15) is 88.6 Å². The van der Waals surface area contributed by atoms with E-state index >= 15 is 0 Å². The van der Waals surface area contributed by atoms with Crippen LogP contribution >= 0.6 is 22.7 Å². The first kappa shape index (κ1) is 58.8. The van der Waals surface area contributed by atoms with Crippen molar-refractivity contribution in [2.24, 2.45) is 0 Å². The molecule has 21 nitrogen and oxygen atoms in total. The number of methoxy groups -OCH3 is 1. The van der Waals surface area contributed by atoms with Crippen molar-refractivity contribution in [2.45, 2.75) is 70.6 Å². The number of piperidine rings is 2. The standard InChI is InChI=1S/C27H30F2N6O5S.C23H24F2N6O3S.Li.H2O/c1-5-34-25(37)21-23(39-4)22(36)18(24-31-30-20(41-24)13-16-7-8-17(28)14-19(16)29)15-35(21)32(3)27(34)9-11-33(12-10-27)26(38)40-6-2;1-3-30-22(34)18-20(33)19(32)15(12-31(18)29(2)23(30)6-8-26-9-7-23)21-28-27-17(35-21)10-13-4-5-14(24)11-16(13)25;;/h7-8,14-15H,5-6,9-13H2,1-4H3;4-5,11-12,26,33H,3,6-10H2,1-2H3;;1H2/q;;+1;/p-1. The molecule has 0 saturated carbocycles. The van der Waals surface area contributed by atoms with Crippen molar-refractivity contribution in [3.05, 3.63) is 125 Å². The Morgan fingerprint density at radius 3 is 1.63 bits per heavy atom. The minimum absolute atomic E-state index is 0. The van der Waals surface area contributed by atoms with Gasteiger partial charge in [-0.25, -0.2) is 22.4 Å². The number of carbonyl (C=O) groups is 3. The number of aromatic nitrogens is 6. The maximum absolute atomic E-state index is 14.2. The van der Waals surface area contributed by atoms with Gasteiger partial charge in [-0.15, -0.1) is 20.4 Å². The van der Waals surface area contributed by atoms with Gasteiger partial charge in [-0.05, 0) is 57.1 Å². The number of hydrogen-bond donors (Lipinski definition) is 2. The van der Waals surface area contributed by atoms with Crippen LogP contribution in [-0.2, 0) is 17.6 Å². The second-order valence-corrected chi connectivity index (χ2v) is 20.5. The number of hydrogen-bond acceptors (Lipinski definition) is 18. The Labute approximate surface area is 464 Å². The van der Waals surface area contributed by atoms with Crippen LogP contribution in [0.2, 0.25) is 0 Å². The van der Waals surface area contributed by atoms with Crippen LogP contribution in [0, 0.1) is 23.3 Å². The topological polar surface area (TPSA) is 244 Å². The van der Waals surface area contributed by atoms with Crippen molar-refractivity contribution in [3.63, 3.8) is 0 Å². The van der Waals surface area contributed by atoms with E-state index in [0.29, 0.717) is 61.9 Å². The van der Waals surface area contributed by atoms with Crippen LogP contribution < -0.4 is 49.8 Å². The first-order chi connectivity index (χ1) is 36.4. The molecule has 0 bridgehead atoms. The zero-order valence-electron chi connectivity index (χ0n) is 43.8. The van der Waals surface area contributed by atoms with Gasteiger partial charge in [0, 0.05) is 103 Å². The molecule has 0 unspecified atom stereocenters. The van der Waals surface area contributed by atoms with E-state index in [1.54, 1.807) is 32.5 Å². The predicted molar refractivity (Wildman–Crippen MR) is 275 cm³/mol. The molecule has 410 valence electrons. The summed E-state index contributed by atoms with van der Waals surface area (Å²) in [5, 5.41) is 35.7. The number of aromatic hydroxyl groups is 1. The van der Waals surface area contributed by atoms with E-state index in [9.17, 15) is 46.6 Å². The molecule has 0 aliphatic carbocycles. The van der Waals surface area contributed by atoms with Crippen LogP contribution in [0.25, 0.3) is 21.1 Å². The molecular formula is C50H55F4LiN12O9S2. The molecule has 4 aliphatic heterocycles. The molecule has 8 heterocycles. The summed E-state index contributed by atoms with van der Waals surface area (Å²) in [5.74, 6) is -4.28. The Hall–Kier alpha value is -6.89. The number of carbonyl (C=O) groups excluding carboxylic acids is 3. The summed E-state index contributed by atoms with van der Waals surface area (Å²) in [6.07, 6.45) is 5.07. The van der Waals surface area contributed by atoms with E-state index in [4.69, 9.17) is 9.47 Å². The fourth-order valence-corrected chi connectivity index (χ4v) is 12.3. The van der Waals surface area contributed by atoms with Crippen molar-refractivity contribution in [2.75, 3.05) is 77.1 Å². The van der Waals surface area contributed by atoms with Gasteiger partial charge in [-0.1, -0.05) is 34.8 Å². The molecule has 2 fully saturated rings. The van der Waals surface area contributed by atoms with Crippen LogP contribution in [0.15, 0.2) is 58.4 Å². The second kappa shape index (κ2) is 23.6. The minimum Gasteiger partial charge on any atom is -0.870 e. The minimum atomic E-state index is -0.772. The van der Waals surface area contributed by atoms with Crippen molar-refractivity contribution in [1.29, 1.82) is 0 Å². The number of nitrogens with one attached hydrogen (secondary N) is 1. The zero-order valence-corrected chi connectivity index (χ0v) is 45.4. The molecule has 3 amide bonds. The summed E-state index contributed by atoms with van der Waals surface area (Å²) in [4.78, 5) is 71.4. The Morgan fingerprint density at radius 1 is 0.705 bits per heavy atom. The first-order valence-electron chi connectivity index (χ1n) is 24.5. The maximum atomic E-state index is 14.2. The summed E-state index contributed by atoms with van der Waals surface area (Å²) in [6.45, 7) is 8.78. The number of nitrogens with zero attached hydrogens (tertiary/aromatic N) is 11. The predicted octanol–water partition coefficient (Wildman–Crippen LogP) is 2.13. The van der Waals surface area contributed by atoms with Gasteiger partial charge in [-0.3, -0.25) is 38.5 Å². The van der Waals surface area contributed by atoms with Crippen molar-refractivity contribution >= 4 is 40.6 Å². The molecule has 0 atom stereocenters. The monoisotopic (exact) mass is 1110 g/mol. The number of likely N-dealkylation sites (tertiary alicyclic amines) is 1. The molecule has 4 aliphatic rings. The van der Waals surface area contributed by atoms with E-state index < -0.39 is 63.2 Å². The van der Waals surface area contributed by atoms with E-state index in [0.717, 1.165) is 54.0 Å². The molecule has 10 rings (SSSR count). The fourth-order valence-electron chi connectivity index (χ4n) is 10.6. The van der Waals surface area contributed by atoms with Gasteiger partial charge in [0.15, 0.2) is 32.9 Å². The van der Waals surface area contributed by atoms with Crippen molar-refractivity contribution in [3.8, 4) is 32.6 Å². The van der Waals surface area contributed by atoms with Crippen molar-refractivity contribution in [1.82, 2.24) is 49.8 Å². The summed E-state index contributed by atoms with van der Waals surface area (Å²) < 4.78 is 68.6. The van der Waals surface area contributed by atoms with E-state index in [1.165, 1.54) is 36.2 Å². The fraction of sp³-hybridized carbons (Fsp3) is 0.420. The molecular weight excluding hydrogens is 1060 g/mol. The smallest absolute Gasteiger partial charge is 0.870 e. The summed E-state index contributed by atoms with van der Waals surface area (Å²) in [6, 6.07) is 6.61. The van der Waals surface area contributed by atoms with Gasteiger partial charge < -0.3 is 40.1 Å². The summed E-state index contributed by atoms with van der Waals surface area (Å²) in [7, 11) is 4.99. The number of ether oxygens (including phenoxy) is 2. The van der Waals surface area contributed by atoms with Crippen LogP contribution in [0.5, 0.6) is 11.5 Å². The third-order valence-corrected chi connectivity index (χ3v) is 16.4. The zero-order chi connectivity index (χ0) is 54.4. The van der Waals surface area contributed by atoms with Gasteiger partial charge >= 0.3 is 25.0 Å². The SMILES string of the molecule is CCN1C(=O)c2c(O)c(=O)c(-c3nnc(Cc4ccc(F)cc4F)s3)cn2N(C)C12CCNCC2.CCOC(=O)N1CCC2(CC1)N(CC)C(=O)c1c(OC)c(=O)c(-c3nnc(Cc4ccc(F)cc4F)s3)cn1N2C.[Li+].[OH-]. The summed E-state index contributed by atoms with van der Waals surface area (Å²) in [5.41, 5.74) is -1.90. The quantitative estimate of drug-likeness (QED) is 0.147. The van der Waals surface area contributed by atoms with Crippen molar-refractivity contribution < 1.29 is 70.9 Å². The molecule has 4 aromatic heterocycles. The molecule has 3 N–H and O–H groups in total. The molecule has 0 radical (unpaired) electrons. The molecule has 2 aromatic carbocycles. The first-order valence-corrected chi connectivity index (χ1v) is 26.1. The molecule has 6 aromatic rings. The third-order valence-electron chi connectivity index (χ3n) is 14.5. The van der Waals surface area contributed by atoms with E-state index in [1.807, 2.05) is 38.0 Å². The van der Waals surface area contributed by atoms with Crippen LogP contribution in [-0.4, -0.2) is 151 Å². The Balaban J connectivity index is 0.000000223. The average Bonchev–Trinajstić information content (AvgIpc) is 4.08. The Kier molecular flexibility index (Phi) is 17.8. The number of halogens is 4. The van der Waals surface area contributed by atoms with Gasteiger partial charge in [0.1, 0.15) is 44.6 Å². The summed E-state index contributed by atoms with van der Waals surface area (Å²) >= 11 is 2.17. The molecule has 2 spiro atoms. The maximum Gasteiger partial charge on any atom is 1.00 e.